The summed E-state index contributed by atoms with van der Waals surface area (Å²) in [4.78, 5) is 8.30. The fraction of sp³-hybridized carbons (Fsp3) is 0.250. The molecule has 0 aliphatic heterocycles. The summed E-state index contributed by atoms with van der Waals surface area (Å²) in [7, 11) is 0. The number of imidazole rings is 1. The third kappa shape index (κ3) is 1.24. The molecule has 0 atom stereocenters. The van der Waals surface area contributed by atoms with Crippen molar-refractivity contribution in [1.29, 1.82) is 0 Å². The van der Waals surface area contributed by atoms with E-state index in [-0.39, 0.29) is 6.61 Å². The number of aliphatic hydroxyl groups is 1. The van der Waals surface area contributed by atoms with Gasteiger partial charge < -0.3 is 5.11 Å². The molecule has 0 aromatic carbocycles. The third-order valence-electron chi connectivity index (χ3n) is 1.91. The van der Waals surface area contributed by atoms with E-state index in [1.165, 1.54) is 0 Å². The molecule has 0 saturated carbocycles. The summed E-state index contributed by atoms with van der Waals surface area (Å²) in [6.45, 7) is 1.83. The van der Waals surface area contributed by atoms with Crippen LogP contribution in [0.15, 0.2) is 17.0 Å². The normalized spacial score (nSPS) is 11.0. The number of hydrogen-bond donors (Lipinski definition) is 1. The molecule has 5 heteroatoms. The van der Waals surface area contributed by atoms with E-state index in [1.807, 2.05) is 11.3 Å². The molecule has 2 aromatic heterocycles. The molecular weight excluding hydrogens is 234 g/mol. The van der Waals surface area contributed by atoms with Crippen LogP contribution in [0.3, 0.4) is 0 Å². The van der Waals surface area contributed by atoms with E-state index in [9.17, 15) is 0 Å². The Morgan fingerprint density at radius 3 is 3.08 bits per heavy atom. The summed E-state index contributed by atoms with van der Waals surface area (Å²) < 4.78 is 2.55. The standard InChI is InChI=1S/C8H8BrN3O/c1-5-7-8(9)11-6(4-13)12(7)3-2-10-5/h2-3,13H,4H2,1H3. The highest BCUT2D eigenvalue weighted by Crippen LogP contribution is 2.20. The molecule has 0 fully saturated rings. The first-order valence-corrected chi connectivity index (χ1v) is 4.62. The number of hydrogen-bond acceptors (Lipinski definition) is 3. The van der Waals surface area contributed by atoms with E-state index in [4.69, 9.17) is 5.11 Å². The monoisotopic (exact) mass is 241 g/mol. The first-order chi connectivity index (χ1) is 6.24. The van der Waals surface area contributed by atoms with Gasteiger partial charge in [0.2, 0.25) is 0 Å². The fourth-order valence-corrected chi connectivity index (χ4v) is 2.00. The van der Waals surface area contributed by atoms with Crippen molar-refractivity contribution in [1.82, 2.24) is 14.4 Å². The van der Waals surface area contributed by atoms with Crippen LogP contribution in [0.1, 0.15) is 11.5 Å². The second kappa shape index (κ2) is 3.08. The zero-order chi connectivity index (χ0) is 9.42. The number of fused-ring (bicyclic) bond motifs is 1. The molecule has 0 aliphatic rings. The molecule has 0 bridgehead atoms. The van der Waals surface area contributed by atoms with Crippen molar-refractivity contribution >= 4 is 21.4 Å². The van der Waals surface area contributed by atoms with Gasteiger partial charge in [-0.1, -0.05) is 0 Å². The Labute approximate surface area is 83.4 Å². The first kappa shape index (κ1) is 8.65. The number of halogens is 1. The minimum absolute atomic E-state index is 0.0732. The molecular formula is C8H8BrN3O. The maximum Gasteiger partial charge on any atom is 0.140 e. The Hall–Kier alpha value is -0.940. The molecule has 0 saturated heterocycles. The van der Waals surface area contributed by atoms with Crippen LogP contribution in [0.5, 0.6) is 0 Å². The van der Waals surface area contributed by atoms with Crippen LogP contribution in [-0.4, -0.2) is 19.5 Å². The minimum atomic E-state index is -0.0732. The van der Waals surface area contributed by atoms with Gasteiger partial charge in [-0.2, -0.15) is 0 Å². The lowest BCUT2D eigenvalue weighted by atomic mass is 10.4. The van der Waals surface area contributed by atoms with Crippen LogP contribution in [0.2, 0.25) is 0 Å². The molecule has 0 unspecified atom stereocenters. The highest BCUT2D eigenvalue weighted by atomic mass is 79.9. The van der Waals surface area contributed by atoms with Gasteiger partial charge in [0.1, 0.15) is 22.6 Å². The van der Waals surface area contributed by atoms with Crippen molar-refractivity contribution in [2.24, 2.45) is 0 Å². The van der Waals surface area contributed by atoms with Crippen molar-refractivity contribution in [3.05, 3.63) is 28.5 Å². The molecule has 13 heavy (non-hydrogen) atoms. The summed E-state index contributed by atoms with van der Waals surface area (Å²) in [6.07, 6.45) is 3.47. The Morgan fingerprint density at radius 1 is 1.62 bits per heavy atom. The maximum absolute atomic E-state index is 9.02. The smallest absolute Gasteiger partial charge is 0.140 e. The molecule has 2 rings (SSSR count). The molecule has 68 valence electrons. The SMILES string of the molecule is Cc1nccn2c(CO)nc(Br)c12. The first-order valence-electron chi connectivity index (χ1n) is 3.83. The van der Waals surface area contributed by atoms with Crippen LogP contribution in [0, 0.1) is 6.92 Å². The van der Waals surface area contributed by atoms with Gasteiger partial charge in [-0.15, -0.1) is 0 Å². The summed E-state index contributed by atoms with van der Waals surface area (Å²) in [5, 5.41) is 9.02. The Kier molecular flexibility index (Phi) is 2.05. The van der Waals surface area contributed by atoms with Gasteiger partial charge in [0.25, 0.3) is 0 Å². The van der Waals surface area contributed by atoms with Gasteiger partial charge in [0.05, 0.1) is 5.69 Å². The van der Waals surface area contributed by atoms with Gasteiger partial charge in [0, 0.05) is 12.4 Å². The van der Waals surface area contributed by atoms with Crippen molar-refractivity contribution in [3.8, 4) is 0 Å². The lowest BCUT2D eigenvalue weighted by Crippen LogP contribution is -1.95. The number of nitrogens with zero attached hydrogens (tertiary/aromatic N) is 3. The highest BCUT2D eigenvalue weighted by Gasteiger charge is 2.09. The molecule has 1 N–H and O–H groups in total. The van der Waals surface area contributed by atoms with Crippen molar-refractivity contribution in [2.75, 3.05) is 0 Å². The van der Waals surface area contributed by atoms with E-state index < -0.39 is 0 Å². The van der Waals surface area contributed by atoms with Crippen molar-refractivity contribution in [2.45, 2.75) is 13.5 Å². The topological polar surface area (TPSA) is 50.4 Å². The van der Waals surface area contributed by atoms with Crippen molar-refractivity contribution < 1.29 is 5.11 Å². The van der Waals surface area contributed by atoms with Gasteiger partial charge in [-0.25, -0.2) is 4.98 Å². The summed E-state index contributed by atoms with van der Waals surface area (Å²) in [5.74, 6) is 0.618. The van der Waals surface area contributed by atoms with Gasteiger partial charge in [-0.3, -0.25) is 9.38 Å². The number of rotatable bonds is 1. The Bertz CT molecular complexity index is 452. The predicted octanol–water partition coefficient (Wildman–Crippen LogP) is 1.29. The van der Waals surface area contributed by atoms with Gasteiger partial charge in [-0.05, 0) is 22.9 Å². The fourth-order valence-electron chi connectivity index (χ4n) is 1.32. The van der Waals surface area contributed by atoms with E-state index in [1.54, 1.807) is 12.4 Å². The van der Waals surface area contributed by atoms with E-state index in [2.05, 4.69) is 25.9 Å². The van der Waals surface area contributed by atoms with Gasteiger partial charge >= 0.3 is 0 Å². The largest absolute Gasteiger partial charge is 0.388 e. The zero-order valence-electron chi connectivity index (χ0n) is 7.03. The number of aliphatic hydroxyl groups excluding tert-OH is 1. The highest BCUT2D eigenvalue weighted by molar-refractivity contribution is 9.10. The predicted molar refractivity (Wildman–Crippen MR) is 51.3 cm³/mol. The lowest BCUT2D eigenvalue weighted by Gasteiger charge is -1.98. The molecule has 2 heterocycles. The number of aryl methyl sites for hydroxylation is 1. The van der Waals surface area contributed by atoms with E-state index in [0.29, 0.717) is 5.82 Å². The molecule has 0 amide bonds. The molecule has 0 radical (unpaired) electrons. The average Bonchev–Trinajstić information content (AvgIpc) is 2.44. The zero-order valence-corrected chi connectivity index (χ0v) is 8.61. The van der Waals surface area contributed by atoms with Crippen LogP contribution in [0.25, 0.3) is 5.52 Å². The van der Waals surface area contributed by atoms with Gasteiger partial charge in [0.15, 0.2) is 0 Å². The molecule has 2 aromatic rings. The maximum atomic E-state index is 9.02. The Morgan fingerprint density at radius 2 is 2.38 bits per heavy atom. The van der Waals surface area contributed by atoms with Crippen LogP contribution >= 0.6 is 15.9 Å². The van der Waals surface area contributed by atoms with Crippen LogP contribution < -0.4 is 0 Å². The third-order valence-corrected chi connectivity index (χ3v) is 2.46. The lowest BCUT2D eigenvalue weighted by molar-refractivity contribution is 0.270. The number of aromatic nitrogens is 3. The second-order valence-electron chi connectivity index (χ2n) is 2.71. The van der Waals surface area contributed by atoms with Crippen molar-refractivity contribution in [3.63, 3.8) is 0 Å². The quantitative estimate of drug-likeness (QED) is 0.819. The molecule has 0 spiro atoms. The summed E-state index contributed by atoms with van der Waals surface area (Å²) in [5.41, 5.74) is 1.80. The minimum Gasteiger partial charge on any atom is -0.388 e. The summed E-state index contributed by atoms with van der Waals surface area (Å²) in [6, 6.07) is 0. The molecule has 4 nitrogen and oxygen atoms in total. The van der Waals surface area contributed by atoms with E-state index in [0.717, 1.165) is 15.8 Å². The summed E-state index contributed by atoms with van der Waals surface area (Å²) >= 11 is 3.33. The second-order valence-corrected chi connectivity index (χ2v) is 3.46. The van der Waals surface area contributed by atoms with Crippen LogP contribution in [-0.2, 0) is 6.61 Å². The molecule has 0 aliphatic carbocycles. The average molecular weight is 242 g/mol. The Balaban J connectivity index is 2.87. The van der Waals surface area contributed by atoms with Crippen LogP contribution in [0.4, 0.5) is 0 Å². The van der Waals surface area contributed by atoms with E-state index >= 15 is 0 Å².